The molecule has 2 heterocycles. The Labute approximate surface area is 306 Å². The molecule has 7 atom stereocenters. The number of aromatic nitrogens is 1. The van der Waals surface area contributed by atoms with Crippen molar-refractivity contribution in [1.29, 1.82) is 0 Å². The molecular formula is C38H57N5O7S. The van der Waals surface area contributed by atoms with Crippen molar-refractivity contribution in [3.05, 3.63) is 52.0 Å². The number of carbonyl (C=O) groups is 5. The highest BCUT2D eigenvalue weighted by molar-refractivity contribution is 7.09. The quantitative estimate of drug-likeness (QED) is 0.183. The molecule has 1 saturated heterocycles. The van der Waals surface area contributed by atoms with Gasteiger partial charge in [-0.15, -0.1) is 11.3 Å². The van der Waals surface area contributed by atoms with Crippen LogP contribution in [0.5, 0.6) is 0 Å². The monoisotopic (exact) mass is 727 g/mol. The van der Waals surface area contributed by atoms with Gasteiger partial charge in [0.2, 0.25) is 11.8 Å². The number of ether oxygens (including phenoxy) is 2. The zero-order valence-corrected chi connectivity index (χ0v) is 32.2. The Balaban J connectivity index is 1.77. The second-order valence-electron chi connectivity index (χ2n) is 14.1. The van der Waals surface area contributed by atoms with Gasteiger partial charge in [-0.1, -0.05) is 77.8 Å². The van der Waals surface area contributed by atoms with E-state index in [-0.39, 0.29) is 53.8 Å². The number of esters is 2. The molecule has 1 aliphatic rings. The molecule has 3 N–H and O–H groups in total. The SMILES string of the molecule is CC[C@H](C)[C@H](NC(=O)[C@H]1CCCCN1C)C(=O)N[C@H](C[C@@H](OC(C)=O)c1nc(C(=O)N[C@@H](Cc2ccccc2)C[C@H](C)C(=O)OC)cs1)C(C)C. The largest absolute Gasteiger partial charge is 0.469 e. The molecule has 3 rings (SSSR count). The zero-order valence-electron chi connectivity index (χ0n) is 31.4. The molecule has 12 nitrogen and oxygen atoms in total. The topological polar surface area (TPSA) is 156 Å². The number of piperidine rings is 1. The number of thiazole rings is 1. The van der Waals surface area contributed by atoms with Crippen molar-refractivity contribution in [3.8, 4) is 0 Å². The van der Waals surface area contributed by atoms with Crippen LogP contribution in [0.2, 0.25) is 0 Å². The molecule has 1 aromatic heterocycles. The van der Waals surface area contributed by atoms with Crippen LogP contribution in [0.4, 0.5) is 0 Å². The highest BCUT2D eigenvalue weighted by Crippen LogP contribution is 2.29. The molecule has 1 aliphatic heterocycles. The Bertz CT molecular complexity index is 1450. The van der Waals surface area contributed by atoms with Gasteiger partial charge in [-0.25, -0.2) is 4.98 Å². The molecule has 0 bridgehead atoms. The van der Waals surface area contributed by atoms with Crippen LogP contribution in [0, 0.1) is 17.8 Å². The van der Waals surface area contributed by atoms with E-state index in [1.807, 2.05) is 70.0 Å². The highest BCUT2D eigenvalue weighted by atomic mass is 32.1. The number of hydrogen-bond acceptors (Lipinski definition) is 10. The summed E-state index contributed by atoms with van der Waals surface area (Å²) in [5, 5.41) is 11.2. The van der Waals surface area contributed by atoms with Gasteiger partial charge in [-0.3, -0.25) is 28.9 Å². The minimum Gasteiger partial charge on any atom is -0.469 e. The Kier molecular flexibility index (Phi) is 16.5. The molecule has 1 fully saturated rings. The molecule has 282 valence electrons. The van der Waals surface area contributed by atoms with E-state index in [0.717, 1.165) is 31.4 Å². The minimum absolute atomic E-state index is 0.0527. The second kappa shape index (κ2) is 20.3. The Morgan fingerprint density at radius 1 is 1.00 bits per heavy atom. The van der Waals surface area contributed by atoms with Crippen molar-refractivity contribution in [2.45, 2.75) is 117 Å². The lowest BCUT2D eigenvalue weighted by molar-refractivity contribution is -0.148. The molecular weight excluding hydrogens is 671 g/mol. The first-order chi connectivity index (χ1) is 24.2. The average molecular weight is 728 g/mol. The summed E-state index contributed by atoms with van der Waals surface area (Å²) in [5.74, 6) is -2.32. The van der Waals surface area contributed by atoms with Gasteiger partial charge in [-0.2, -0.15) is 0 Å². The van der Waals surface area contributed by atoms with Gasteiger partial charge in [-0.05, 0) is 56.7 Å². The fourth-order valence-corrected chi connectivity index (χ4v) is 7.21. The first-order valence-electron chi connectivity index (χ1n) is 18.1. The van der Waals surface area contributed by atoms with Crippen LogP contribution in [-0.4, -0.2) is 84.4 Å². The first kappa shape index (κ1) is 41.6. The summed E-state index contributed by atoms with van der Waals surface area (Å²) in [6.45, 7) is 11.8. The third-order valence-electron chi connectivity index (χ3n) is 9.71. The normalized spacial score (nSPS) is 18.4. The fourth-order valence-electron chi connectivity index (χ4n) is 6.37. The molecule has 2 aromatic rings. The lowest BCUT2D eigenvalue weighted by Crippen LogP contribution is -2.57. The summed E-state index contributed by atoms with van der Waals surface area (Å²) in [6, 6.07) is 7.88. The minimum atomic E-state index is -0.825. The van der Waals surface area contributed by atoms with Crippen molar-refractivity contribution in [1.82, 2.24) is 25.8 Å². The van der Waals surface area contributed by atoms with Gasteiger partial charge in [0.1, 0.15) is 16.7 Å². The van der Waals surface area contributed by atoms with Crippen LogP contribution in [0.25, 0.3) is 0 Å². The Hall–Kier alpha value is -3.84. The smallest absolute Gasteiger partial charge is 0.308 e. The summed E-state index contributed by atoms with van der Waals surface area (Å²) in [7, 11) is 3.28. The first-order valence-corrected chi connectivity index (χ1v) is 19.0. The van der Waals surface area contributed by atoms with E-state index in [4.69, 9.17) is 9.47 Å². The fraction of sp³-hybridized carbons (Fsp3) is 0.632. The van der Waals surface area contributed by atoms with Crippen molar-refractivity contribution in [2.75, 3.05) is 20.7 Å². The van der Waals surface area contributed by atoms with Crippen molar-refractivity contribution in [3.63, 3.8) is 0 Å². The van der Waals surface area contributed by atoms with Gasteiger partial charge < -0.3 is 25.4 Å². The number of likely N-dealkylation sites (tertiary alicyclic amines) is 1. The second-order valence-corrected chi connectivity index (χ2v) is 15.0. The molecule has 0 radical (unpaired) electrons. The van der Waals surface area contributed by atoms with E-state index in [1.165, 1.54) is 25.4 Å². The lowest BCUT2D eigenvalue weighted by Gasteiger charge is -2.34. The number of amides is 3. The van der Waals surface area contributed by atoms with Crippen LogP contribution < -0.4 is 16.0 Å². The van der Waals surface area contributed by atoms with Crippen LogP contribution in [-0.2, 0) is 35.1 Å². The number of hydrogen-bond donors (Lipinski definition) is 3. The molecule has 0 spiro atoms. The number of methoxy groups -OCH3 is 1. The van der Waals surface area contributed by atoms with Gasteiger partial charge >= 0.3 is 11.9 Å². The van der Waals surface area contributed by atoms with E-state index in [9.17, 15) is 24.0 Å². The predicted molar refractivity (Wildman–Crippen MR) is 197 cm³/mol. The van der Waals surface area contributed by atoms with E-state index in [1.54, 1.807) is 12.3 Å². The molecule has 0 unspecified atom stereocenters. The molecule has 1 aromatic carbocycles. The van der Waals surface area contributed by atoms with Crippen LogP contribution in [0.15, 0.2) is 35.7 Å². The standard InChI is InChI=1S/C38H57N5O7S/c1-9-24(4)33(42-35(46)31-17-13-14-18-43(31)7)36(47)40-29(23(2)3)21-32(50-26(6)44)37-41-30(22-51-37)34(45)39-28(19-25(5)38(48)49-8)20-27-15-11-10-12-16-27/h10-12,15-16,22-25,28-29,31-33H,9,13-14,17-21H2,1-8H3,(H,39,45)(H,40,47)(H,42,46)/t24-,25-,28+,29+,31+,32+,33-/m0/s1. The predicted octanol–water partition coefficient (Wildman–Crippen LogP) is 4.83. The summed E-state index contributed by atoms with van der Waals surface area (Å²) in [5.41, 5.74) is 1.17. The summed E-state index contributed by atoms with van der Waals surface area (Å²) < 4.78 is 10.6. The van der Waals surface area contributed by atoms with Gasteiger partial charge in [0.15, 0.2) is 6.10 Å². The van der Waals surface area contributed by atoms with E-state index >= 15 is 0 Å². The van der Waals surface area contributed by atoms with Gasteiger partial charge in [0.05, 0.1) is 19.1 Å². The van der Waals surface area contributed by atoms with E-state index in [2.05, 4.69) is 20.9 Å². The molecule has 51 heavy (non-hydrogen) atoms. The lowest BCUT2D eigenvalue weighted by atomic mass is 9.94. The summed E-state index contributed by atoms with van der Waals surface area (Å²) in [4.78, 5) is 71.7. The van der Waals surface area contributed by atoms with Gasteiger partial charge in [0, 0.05) is 30.8 Å². The number of likely N-dealkylation sites (N-methyl/N-ethyl adjacent to an activating group) is 1. The van der Waals surface area contributed by atoms with Crippen molar-refractivity contribution in [2.24, 2.45) is 17.8 Å². The Morgan fingerprint density at radius 2 is 1.71 bits per heavy atom. The van der Waals surface area contributed by atoms with E-state index in [0.29, 0.717) is 24.3 Å². The third kappa shape index (κ3) is 12.7. The van der Waals surface area contributed by atoms with Gasteiger partial charge in [0.25, 0.3) is 5.91 Å². The number of carbonyl (C=O) groups excluding carboxylic acids is 5. The maximum absolute atomic E-state index is 13.8. The zero-order chi connectivity index (χ0) is 37.7. The molecule has 3 amide bonds. The summed E-state index contributed by atoms with van der Waals surface area (Å²) >= 11 is 1.20. The average Bonchev–Trinajstić information content (AvgIpc) is 3.60. The highest BCUT2D eigenvalue weighted by Gasteiger charge is 2.34. The van der Waals surface area contributed by atoms with Crippen molar-refractivity contribution >= 4 is 41.0 Å². The number of benzene rings is 1. The van der Waals surface area contributed by atoms with E-state index < -0.39 is 36.0 Å². The maximum atomic E-state index is 13.8. The summed E-state index contributed by atoms with van der Waals surface area (Å²) in [6.07, 6.45) is 3.73. The maximum Gasteiger partial charge on any atom is 0.308 e. The number of rotatable bonds is 18. The van der Waals surface area contributed by atoms with Crippen LogP contribution in [0.3, 0.4) is 0 Å². The molecule has 0 saturated carbocycles. The van der Waals surface area contributed by atoms with Crippen LogP contribution >= 0.6 is 11.3 Å². The Morgan fingerprint density at radius 3 is 2.31 bits per heavy atom. The molecule has 0 aliphatic carbocycles. The molecule has 13 heteroatoms. The number of nitrogens with one attached hydrogen (secondary N) is 3. The number of nitrogens with zero attached hydrogens (tertiary/aromatic N) is 2. The van der Waals surface area contributed by atoms with Crippen LogP contribution in [0.1, 0.15) is 107 Å². The third-order valence-corrected chi connectivity index (χ3v) is 10.6. The van der Waals surface area contributed by atoms with Crippen molar-refractivity contribution < 1.29 is 33.4 Å².